The number of fused-ring (bicyclic) bond motifs is 1. The molecule has 1 aromatic carbocycles. The number of H-pyrrole nitrogens is 1. The lowest BCUT2D eigenvalue weighted by Gasteiger charge is -2.22. The lowest BCUT2D eigenvalue weighted by atomic mass is 10.0. The monoisotopic (exact) mass is 305 g/mol. The molecule has 1 saturated carbocycles. The van der Waals surface area contributed by atoms with Crippen LogP contribution in [0.1, 0.15) is 42.6 Å². The summed E-state index contributed by atoms with van der Waals surface area (Å²) < 4.78 is 0. The fourth-order valence-electron chi connectivity index (χ4n) is 2.99. The minimum atomic E-state index is -0.0929. The van der Waals surface area contributed by atoms with E-state index >= 15 is 0 Å². The van der Waals surface area contributed by atoms with Crippen LogP contribution < -0.4 is 11.1 Å². The molecule has 1 aliphatic carbocycles. The van der Waals surface area contributed by atoms with Crippen LogP contribution in [0.5, 0.6) is 0 Å². The summed E-state index contributed by atoms with van der Waals surface area (Å²) in [6, 6.07) is 7.49. The Morgan fingerprint density at radius 1 is 1.24 bits per heavy atom. The van der Waals surface area contributed by atoms with E-state index in [4.69, 9.17) is 17.3 Å². The van der Waals surface area contributed by atoms with E-state index in [0.29, 0.717) is 10.7 Å². The van der Waals surface area contributed by atoms with Crippen molar-refractivity contribution in [2.75, 3.05) is 0 Å². The molecule has 4 N–H and O–H groups in total. The maximum Gasteiger partial charge on any atom is 0.268 e. The van der Waals surface area contributed by atoms with E-state index in [1.165, 1.54) is 6.42 Å². The number of carbonyl (C=O) groups excluding carboxylic acids is 1. The number of benzene rings is 1. The zero-order valence-electron chi connectivity index (χ0n) is 11.9. The van der Waals surface area contributed by atoms with Crippen molar-refractivity contribution < 1.29 is 4.79 Å². The highest BCUT2D eigenvalue weighted by Gasteiger charge is 2.23. The van der Waals surface area contributed by atoms with Crippen LogP contribution in [-0.4, -0.2) is 23.0 Å². The van der Waals surface area contributed by atoms with Gasteiger partial charge in [0.05, 0.1) is 0 Å². The molecule has 1 aliphatic rings. The van der Waals surface area contributed by atoms with Crippen molar-refractivity contribution in [1.29, 1.82) is 0 Å². The Kier molecular flexibility index (Phi) is 4.17. The standard InChI is InChI=1S/C16H20ClN3O/c17-11-6-7-13-10(8-11)9-15(19-13)16(21)20-14-5-3-1-2-4-12(14)18/h6-9,12,14,19H,1-5,18H2,(H,20,21). The second kappa shape index (κ2) is 6.08. The maximum atomic E-state index is 12.4. The third kappa shape index (κ3) is 3.22. The molecule has 0 spiro atoms. The van der Waals surface area contributed by atoms with Crippen LogP contribution >= 0.6 is 11.6 Å². The SMILES string of the molecule is NC1CCCCCC1NC(=O)c1cc2cc(Cl)ccc2[nH]1. The number of carbonyl (C=O) groups is 1. The van der Waals surface area contributed by atoms with E-state index in [9.17, 15) is 4.79 Å². The van der Waals surface area contributed by atoms with Gasteiger partial charge in [-0.1, -0.05) is 30.9 Å². The van der Waals surface area contributed by atoms with Crippen molar-refractivity contribution in [2.24, 2.45) is 5.73 Å². The average Bonchev–Trinajstić information content (AvgIpc) is 2.78. The van der Waals surface area contributed by atoms with Crippen molar-refractivity contribution >= 4 is 28.4 Å². The smallest absolute Gasteiger partial charge is 0.268 e. The largest absolute Gasteiger partial charge is 0.351 e. The molecule has 0 saturated heterocycles. The molecule has 1 amide bonds. The van der Waals surface area contributed by atoms with Gasteiger partial charge < -0.3 is 16.0 Å². The molecule has 5 heteroatoms. The maximum absolute atomic E-state index is 12.4. The van der Waals surface area contributed by atoms with Gasteiger partial charge in [-0.15, -0.1) is 0 Å². The highest BCUT2D eigenvalue weighted by molar-refractivity contribution is 6.31. The van der Waals surface area contributed by atoms with E-state index in [0.717, 1.165) is 36.6 Å². The Morgan fingerprint density at radius 3 is 2.90 bits per heavy atom. The van der Waals surface area contributed by atoms with E-state index in [1.807, 2.05) is 24.3 Å². The van der Waals surface area contributed by atoms with Gasteiger partial charge in [0.2, 0.25) is 0 Å². The molecule has 1 heterocycles. The average molecular weight is 306 g/mol. The zero-order valence-corrected chi connectivity index (χ0v) is 12.6. The van der Waals surface area contributed by atoms with Crippen LogP contribution in [-0.2, 0) is 0 Å². The molecule has 1 fully saturated rings. The fraction of sp³-hybridized carbons (Fsp3) is 0.438. The molecule has 2 aromatic rings. The zero-order chi connectivity index (χ0) is 14.8. The summed E-state index contributed by atoms with van der Waals surface area (Å²) in [6.07, 6.45) is 5.41. The fourth-order valence-corrected chi connectivity index (χ4v) is 3.17. The van der Waals surface area contributed by atoms with Crippen molar-refractivity contribution in [3.05, 3.63) is 35.0 Å². The lowest BCUT2D eigenvalue weighted by molar-refractivity contribution is 0.0924. The summed E-state index contributed by atoms with van der Waals surface area (Å²) in [6.45, 7) is 0. The summed E-state index contributed by atoms with van der Waals surface area (Å²) in [4.78, 5) is 15.5. The first-order chi connectivity index (χ1) is 10.1. The van der Waals surface area contributed by atoms with E-state index in [1.54, 1.807) is 0 Å². The summed E-state index contributed by atoms with van der Waals surface area (Å²) in [7, 11) is 0. The van der Waals surface area contributed by atoms with Gasteiger partial charge in [0.1, 0.15) is 5.69 Å². The number of aromatic amines is 1. The van der Waals surface area contributed by atoms with Gasteiger partial charge in [0.15, 0.2) is 0 Å². The Hall–Kier alpha value is -1.52. The normalized spacial score (nSPS) is 23.0. The number of aromatic nitrogens is 1. The van der Waals surface area contributed by atoms with Crippen LogP contribution in [0.15, 0.2) is 24.3 Å². The number of halogens is 1. The van der Waals surface area contributed by atoms with E-state index in [2.05, 4.69) is 10.3 Å². The molecule has 0 bridgehead atoms. The van der Waals surface area contributed by atoms with Crippen LogP contribution in [0, 0.1) is 0 Å². The number of nitrogens with two attached hydrogens (primary N) is 1. The van der Waals surface area contributed by atoms with Gasteiger partial charge in [-0.05, 0) is 37.1 Å². The third-order valence-electron chi connectivity index (χ3n) is 4.21. The third-order valence-corrected chi connectivity index (χ3v) is 4.45. The quantitative estimate of drug-likeness (QED) is 0.746. The van der Waals surface area contributed by atoms with E-state index < -0.39 is 0 Å². The van der Waals surface area contributed by atoms with Crippen LogP contribution in [0.2, 0.25) is 5.02 Å². The van der Waals surface area contributed by atoms with Crippen molar-refractivity contribution in [2.45, 2.75) is 44.2 Å². The predicted octanol–water partition coefficient (Wildman–Crippen LogP) is 3.21. The highest BCUT2D eigenvalue weighted by atomic mass is 35.5. The first-order valence-corrected chi connectivity index (χ1v) is 7.86. The number of nitrogens with one attached hydrogen (secondary N) is 2. The second-order valence-electron chi connectivity index (χ2n) is 5.80. The Morgan fingerprint density at radius 2 is 2.05 bits per heavy atom. The molecule has 2 unspecified atom stereocenters. The summed E-state index contributed by atoms with van der Waals surface area (Å²) in [5.41, 5.74) is 7.63. The summed E-state index contributed by atoms with van der Waals surface area (Å²) in [5, 5.41) is 4.68. The molecule has 0 radical (unpaired) electrons. The molecule has 112 valence electrons. The Labute approximate surface area is 129 Å². The number of rotatable bonds is 2. The number of hydrogen-bond donors (Lipinski definition) is 3. The molecule has 2 atom stereocenters. The van der Waals surface area contributed by atoms with Crippen LogP contribution in [0.4, 0.5) is 0 Å². The van der Waals surface area contributed by atoms with Crippen molar-refractivity contribution in [1.82, 2.24) is 10.3 Å². The Balaban J connectivity index is 1.76. The van der Waals surface area contributed by atoms with Gasteiger partial charge in [0, 0.05) is 28.0 Å². The first-order valence-electron chi connectivity index (χ1n) is 7.48. The molecular formula is C16H20ClN3O. The Bertz CT molecular complexity index is 652. The summed E-state index contributed by atoms with van der Waals surface area (Å²) >= 11 is 5.97. The molecule has 4 nitrogen and oxygen atoms in total. The topological polar surface area (TPSA) is 70.9 Å². The van der Waals surface area contributed by atoms with Gasteiger partial charge >= 0.3 is 0 Å². The lowest BCUT2D eigenvalue weighted by Crippen LogP contribution is -2.47. The summed E-state index contributed by atoms with van der Waals surface area (Å²) in [5.74, 6) is -0.0929. The number of amides is 1. The van der Waals surface area contributed by atoms with Crippen LogP contribution in [0.25, 0.3) is 10.9 Å². The van der Waals surface area contributed by atoms with Gasteiger partial charge in [0.25, 0.3) is 5.91 Å². The van der Waals surface area contributed by atoms with Gasteiger partial charge in [-0.3, -0.25) is 4.79 Å². The van der Waals surface area contributed by atoms with E-state index in [-0.39, 0.29) is 18.0 Å². The van der Waals surface area contributed by atoms with Gasteiger partial charge in [-0.25, -0.2) is 0 Å². The van der Waals surface area contributed by atoms with Crippen molar-refractivity contribution in [3.63, 3.8) is 0 Å². The minimum Gasteiger partial charge on any atom is -0.351 e. The highest BCUT2D eigenvalue weighted by Crippen LogP contribution is 2.21. The second-order valence-corrected chi connectivity index (χ2v) is 6.23. The van der Waals surface area contributed by atoms with Crippen LogP contribution in [0.3, 0.4) is 0 Å². The minimum absolute atomic E-state index is 0.0512. The molecule has 3 rings (SSSR count). The molecular weight excluding hydrogens is 286 g/mol. The first kappa shape index (κ1) is 14.4. The number of hydrogen-bond acceptors (Lipinski definition) is 2. The molecule has 21 heavy (non-hydrogen) atoms. The molecule has 1 aromatic heterocycles. The van der Waals surface area contributed by atoms with Gasteiger partial charge in [-0.2, -0.15) is 0 Å². The van der Waals surface area contributed by atoms with Crippen molar-refractivity contribution in [3.8, 4) is 0 Å². The molecule has 0 aliphatic heterocycles. The predicted molar refractivity (Wildman–Crippen MR) is 85.6 cm³/mol.